The fraction of sp³-hybridized carbons (Fsp3) is 0.375. The molecule has 1 N–H and O–H groups in total. The molecule has 0 radical (unpaired) electrons. The molecular weight excluding hydrogens is 284 g/mol. The predicted octanol–water partition coefficient (Wildman–Crippen LogP) is 1.57. The van der Waals surface area contributed by atoms with Crippen molar-refractivity contribution in [1.82, 2.24) is 4.98 Å². The normalized spacial score (nSPS) is 11.1. The van der Waals surface area contributed by atoms with Crippen LogP contribution in [0, 0.1) is 0 Å². The molecule has 1 aromatic rings. The number of nitrogens with one attached hydrogen (secondary N) is 1. The van der Waals surface area contributed by atoms with Crippen molar-refractivity contribution in [3.05, 3.63) is 18.3 Å². The average molecular weight is 295 g/mol. The topological polar surface area (TPSA) is 68.3 Å². The van der Waals surface area contributed by atoms with Gasteiger partial charge in [-0.3, -0.25) is 4.72 Å². The quantitative estimate of drug-likeness (QED) is 0.837. The van der Waals surface area contributed by atoms with Crippen LogP contribution in [0.1, 0.15) is 6.92 Å². The molecule has 1 rings (SSSR count). The van der Waals surface area contributed by atoms with Crippen LogP contribution in [0.4, 0.5) is 5.69 Å². The molecule has 0 amide bonds. The molecule has 0 aromatic carbocycles. The van der Waals surface area contributed by atoms with Crippen molar-refractivity contribution < 1.29 is 13.2 Å². The highest BCUT2D eigenvalue weighted by atomic mass is 79.9. The third-order valence-electron chi connectivity index (χ3n) is 1.46. The highest BCUT2D eigenvalue weighted by molar-refractivity contribution is 9.10. The van der Waals surface area contributed by atoms with E-state index in [1.54, 1.807) is 19.1 Å². The molecule has 0 saturated heterocycles. The Morgan fingerprint density at radius 2 is 2.33 bits per heavy atom. The van der Waals surface area contributed by atoms with Crippen molar-refractivity contribution in [2.45, 2.75) is 6.92 Å². The van der Waals surface area contributed by atoms with Gasteiger partial charge in [0.1, 0.15) is 10.3 Å². The molecular formula is C8H11BrN2O3S. The van der Waals surface area contributed by atoms with Gasteiger partial charge in [0.05, 0.1) is 6.61 Å². The molecule has 7 heteroatoms. The summed E-state index contributed by atoms with van der Waals surface area (Å²) >= 11 is 2.88. The van der Waals surface area contributed by atoms with E-state index in [2.05, 4.69) is 25.6 Å². The Morgan fingerprint density at radius 3 is 2.93 bits per heavy atom. The van der Waals surface area contributed by atoms with Crippen molar-refractivity contribution >= 4 is 31.6 Å². The van der Waals surface area contributed by atoms with Crippen LogP contribution in [-0.4, -0.2) is 24.7 Å². The third kappa shape index (κ3) is 3.67. The number of hydrogen-bond acceptors (Lipinski definition) is 4. The zero-order chi connectivity index (χ0) is 11.3. The zero-order valence-corrected chi connectivity index (χ0v) is 10.5. The second-order valence-corrected chi connectivity index (χ2v) is 5.64. The maximum Gasteiger partial charge on any atom is 0.242 e. The van der Waals surface area contributed by atoms with Crippen LogP contribution < -0.4 is 9.46 Å². The third-order valence-corrected chi connectivity index (χ3v) is 4.09. The number of nitrogens with zero attached hydrogens (tertiary/aromatic N) is 1. The Morgan fingerprint density at radius 1 is 1.60 bits per heavy atom. The minimum Gasteiger partial charge on any atom is -0.476 e. The molecule has 15 heavy (non-hydrogen) atoms. The molecule has 0 unspecified atom stereocenters. The van der Waals surface area contributed by atoms with Gasteiger partial charge < -0.3 is 4.74 Å². The van der Waals surface area contributed by atoms with Crippen LogP contribution in [0.25, 0.3) is 0 Å². The molecule has 0 spiro atoms. The van der Waals surface area contributed by atoms with E-state index in [9.17, 15) is 8.42 Å². The largest absolute Gasteiger partial charge is 0.476 e. The Kier molecular flexibility index (Phi) is 4.34. The molecule has 0 aliphatic heterocycles. The monoisotopic (exact) mass is 294 g/mol. The van der Waals surface area contributed by atoms with Gasteiger partial charge in [0, 0.05) is 6.20 Å². The van der Waals surface area contributed by atoms with Crippen molar-refractivity contribution in [1.29, 1.82) is 0 Å². The first-order valence-electron chi connectivity index (χ1n) is 4.23. The van der Waals surface area contributed by atoms with Gasteiger partial charge in [-0.05, 0) is 19.1 Å². The summed E-state index contributed by atoms with van der Waals surface area (Å²) in [5.74, 6) is 0.282. The lowest BCUT2D eigenvalue weighted by atomic mass is 10.4. The van der Waals surface area contributed by atoms with Gasteiger partial charge in [0.15, 0.2) is 0 Å². The van der Waals surface area contributed by atoms with Gasteiger partial charge in [-0.2, -0.15) is 0 Å². The van der Waals surface area contributed by atoms with Crippen LogP contribution in [0.5, 0.6) is 5.88 Å². The van der Waals surface area contributed by atoms with E-state index in [-0.39, 0.29) is 10.5 Å². The Hall–Kier alpha value is -0.820. The molecule has 1 heterocycles. The fourth-order valence-corrected chi connectivity index (χ4v) is 1.80. The SMILES string of the molecule is CCOc1ncccc1NS(=O)(=O)CBr. The van der Waals surface area contributed by atoms with Crippen molar-refractivity contribution in [3.63, 3.8) is 0 Å². The van der Waals surface area contributed by atoms with Crippen LogP contribution in [0.15, 0.2) is 18.3 Å². The number of ether oxygens (including phenoxy) is 1. The van der Waals surface area contributed by atoms with Crippen molar-refractivity contribution in [2.75, 3.05) is 16.0 Å². The number of anilines is 1. The van der Waals surface area contributed by atoms with Gasteiger partial charge in [-0.15, -0.1) is 0 Å². The number of rotatable bonds is 5. The minimum absolute atomic E-state index is 0.166. The second-order valence-electron chi connectivity index (χ2n) is 2.62. The van der Waals surface area contributed by atoms with E-state index >= 15 is 0 Å². The number of aromatic nitrogens is 1. The number of sulfonamides is 1. The minimum atomic E-state index is -3.37. The number of alkyl halides is 1. The van der Waals surface area contributed by atoms with Crippen LogP contribution in [-0.2, 0) is 10.0 Å². The molecule has 0 aliphatic carbocycles. The lowest BCUT2D eigenvalue weighted by molar-refractivity contribution is 0.329. The molecule has 1 aromatic heterocycles. The van der Waals surface area contributed by atoms with Crippen molar-refractivity contribution in [3.8, 4) is 5.88 Å². The van der Waals surface area contributed by atoms with Crippen LogP contribution >= 0.6 is 15.9 Å². The summed E-state index contributed by atoms with van der Waals surface area (Å²) in [6.07, 6.45) is 1.54. The number of hydrogen-bond donors (Lipinski definition) is 1. The molecule has 84 valence electrons. The zero-order valence-electron chi connectivity index (χ0n) is 8.10. The molecule has 0 atom stereocenters. The highest BCUT2D eigenvalue weighted by Gasteiger charge is 2.12. The first kappa shape index (κ1) is 12.3. The van der Waals surface area contributed by atoms with E-state index in [0.29, 0.717) is 12.3 Å². The lowest BCUT2D eigenvalue weighted by Gasteiger charge is -2.09. The Balaban J connectivity index is 2.94. The first-order valence-corrected chi connectivity index (χ1v) is 7.00. The number of halogens is 1. The van der Waals surface area contributed by atoms with Gasteiger partial charge in [-0.25, -0.2) is 13.4 Å². The number of pyridine rings is 1. The maximum atomic E-state index is 11.3. The summed E-state index contributed by atoms with van der Waals surface area (Å²) in [6, 6.07) is 3.23. The molecule has 0 saturated carbocycles. The fourth-order valence-electron chi connectivity index (χ4n) is 0.915. The van der Waals surface area contributed by atoms with E-state index in [0.717, 1.165) is 0 Å². The van der Waals surface area contributed by atoms with Crippen LogP contribution in [0.2, 0.25) is 0 Å². The molecule has 0 bridgehead atoms. The standard InChI is InChI=1S/C8H11BrN2O3S/c1-2-14-8-7(4-3-5-10-8)11-15(12,13)6-9/h3-5,11H,2,6H2,1H3. The van der Waals surface area contributed by atoms with E-state index in [4.69, 9.17) is 4.74 Å². The summed E-state index contributed by atoms with van der Waals surface area (Å²) in [6.45, 7) is 2.23. The first-order chi connectivity index (χ1) is 7.09. The van der Waals surface area contributed by atoms with Gasteiger partial charge in [0.25, 0.3) is 0 Å². The van der Waals surface area contributed by atoms with E-state index in [1.165, 1.54) is 6.20 Å². The summed E-state index contributed by atoms with van der Waals surface area (Å²) in [5.41, 5.74) is 0.346. The summed E-state index contributed by atoms with van der Waals surface area (Å²) in [4.78, 5) is 3.92. The smallest absolute Gasteiger partial charge is 0.242 e. The molecule has 5 nitrogen and oxygen atoms in total. The summed E-state index contributed by atoms with van der Waals surface area (Å²) in [5, 5.41) is 0. The maximum absolute atomic E-state index is 11.3. The lowest BCUT2D eigenvalue weighted by Crippen LogP contribution is -2.14. The molecule has 0 fully saturated rings. The van der Waals surface area contributed by atoms with Gasteiger partial charge in [0.2, 0.25) is 15.9 Å². The van der Waals surface area contributed by atoms with Crippen LogP contribution in [0.3, 0.4) is 0 Å². The summed E-state index contributed by atoms with van der Waals surface area (Å²) < 4.78 is 29.9. The van der Waals surface area contributed by atoms with E-state index < -0.39 is 10.0 Å². The average Bonchev–Trinajstić information content (AvgIpc) is 2.21. The predicted molar refractivity (Wildman–Crippen MR) is 61.7 cm³/mol. The van der Waals surface area contributed by atoms with E-state index in [1.807, 2.05) is 0 Å². The van der Waals surface area contributed by atoms with Crippen molar-refractivity contribution in [2.24, 2.45) is 0 Å². The highest BCUT2D eigenvalue weighted by Crippen LogP contribution is 2.21. The molecule has 0 aliphatic rings. The van der Waals surface area contributed by atoms with Gasteiger partial charge in [-0.1, -0.05) is 15.9 Å². The second kappa shape index (κ2) is 5.32. The Labute approximate surface area is 97.0 Å². The summed E-state index contributed by atoms with van der Waals surface area (Å²) in [7, 11) is -3.37. The Bertz CT molecular complexity index is 422. The van der Waals surface area contributed by atoms with Gasteiger partial charge >= 0.3 is 0 Å².